The minimum atomic E-state index is -0.699. The number of piperidine rings is 1. The molecule has 0 bridgehead atoms. The molecule has 1 unspecified atom stereocenters. The number of benzene rings is 2. The van der Waals surface area contributed by atoms with Crippen molar-refractivity contribution in [2.75, 3.05) is 46.3 Å². The number of carboxylic acid groups (broad SMARTS) is 1. The van der Waals surface area contributed by atoms with Gasteiger partial charge in [-0.1, -0.05) is 12.1 Å². The zero-order valence-electron chi connectivity index (χ0n) is 17.6. The Bertz CT molecular complexity index is 827. The topological polar surface area (TPSA) is 62.2 Å². The Hall–Kier alpha value is -2.73. The van der Waals surface area contributed by atoms with Gasteiger partial charge in [0.25, 0.3) is 0 Å². The second-order valence-corrected chi connectivity index (χ2v) is 7.64. The number of hydrogen-bond donors (Lipinski definition) is 1. The van der Waals surface area contributed by atoms with Gasteiger partial charge in [-0.2, -0.15) is 0 Å². The predicted molar refractivity (Wildman–Crippen MR) is 114 cm³/mol. The largest absolute Gasteiger partial charge is 0.497 e. The van der Waals surface area contributed by atoms with E-state index in [0.29, 0.717) is 12.8 Å². The first-order valence-electron chi connectivity index (χ1n) is 9.90. The quantitative estimate of drug-likeness (QED) is 0.768. The lowest BCUT2D eigenvalue weighted by molar-refractivity contribution is -0.143. The summed E-state index contributed by atoms with van der Waals surface area (Å²) in [5.41, 5.74) is 3.31. The number of likely N-dealkylation sites (tertiary alicyclic amines) is 1. The summed E-state index contributed by atoms with van der Waals surface area (Å²) in [6.45, 7) is 1.44. The molecule has 0 aromatic heterocycles. The van der Waals surface area contributed by atoms with Gasteiger partial charge in [0.1, 0.15) is 11.5 Å². The van der Waals surface area contributed by atoms with Crippen molar-refractivity contribution in [1.82, 2.24) is 4.90 Å². The third-order valence-electron chi connectivity index (χ3n) is 5.70. The molecule has 156 valence electrons. The lowest BCUT2D eigenvalue weighted by atomic mass is 9.90. The fourth-order valence-corrected chi connectivity index (χ4v) is 4.00. The van der Waals surface area contributed by atoms with Crippen LogP contribution in [0.2, 0.25) is 0 Å². The Kier molecular flexibility index (Phi) is 6.64. The summed E-state index contributed by atoms with van der Waals surface area (Å²) in [5.74, 6) is 0.606. The fourth-order valence-electron chi connectivity index (χ4n) is 4.00. The van der Waals surface area contributed by atoms with E-state index in [-0.39, 0.29) is 12.0 Å². The van der Waals surface area contributed by atoms with Gasteiger partial charge in [-0.25, -0.2) is 0 Å². The second-order valence-electron chi connectivity index (χ2n) is 7.64. The fraction of sp³-hybridized carbons (Fsp3) is 0.435. The SMILES string of the molecule is COc1ccc(OC)c(C(c2ccc(N(C)C)cc2)N2CCC(C(=O)O)CC2)c1. The number of carboxylic acids is 1. The van der Waals surface area contributed by atoms with Crippen LogP contribution in [0.15, 0.2) is 42.5 Å². The number of methoxy groups -OCH3 is 2. The summed E-state index contributed by atoms with van der Waals surface area (Å²) in [6, 6.07) is 14.3. The summed E-state index contributed by atoms with van der Waals surface area (Å²) in [6.07, 6.45) is 1.29. The van der Waals surface area contributed by atoms with E-state index in [1.807, 2.05) is 32.3 Å². The van der Waals surface area contributed by atoms with Gasteiger partial charge in [0, 0.05) is 25.3 Å². The summed E-state index contributed by atoms with van der Waals surface area (Å²) >= 11 is 0. The van der Waals surface area contributed by atoms with Crippen LogP contribution in [0.25, 0.3) is 0 Å². The van der Waals surface area contributed by atoms with Crippen molar-refractivity contribution in [3.05, 3.63) is 53.6 Å². The van der Waals surface area contributed by atoms with Crippen LogP contribution in [-0.4, -0.2) is 57.4 Å². The van der Waals surface area contributed by atoms with Gasteiger partial charge >= 0.3 is 5.97 Å². The molecule has 29 heavy (non-hydrogen) atoms. The number of anilines is 1. The Balaban J connectivity index is 2.01. The van der Waals surface area contributed by atoms with Crippen molar-refractivity contribution in [3.8, 4) is 11.5 Å². The summed E-state index contributed by atoms with van der Waals surface area (Å²) in [5, 5.41) is 9.37. The standard InChI is InChI=1S/C23H30N2O4/c1-24(2)18-7-5-16(6-8-18)22(25-13-11-17(12-14-25)23(26)27)20-15-19(28-3)9-10-21(20)29-4/h5-10,15,17,22H,11-14H2,1-4H3,(H,26,27). The van der Waals surface area contributed by atoms with Gasteiger partial charge in [-0.3, -0.25) is 9.69 Å². The van der Waals surface area contributed by atoms with Crippen LogP contribution in [0.3, 0.4) is 0 Å². The monoisotopic (exact) mass is 398 g/mol. The first-order chi connectivity index (χ1) is 13.9. The van der Waals surface area contributed by atoms with Gasteiger partial charge in [0.05, 0.1) is 26.2 Å². The summed E-state index contributed by atoms with van der Waals surface area (Å²) in [7, 11) is 7.38. The van der Waals surface area contributed by atoms with E-state index in [1.54, 1.807) is 14.2 Å². The maximum Gasteiger partial charge on any atom is 0.306 e. The third kappa shape index (κ3) is 4.65. The summed E-state index contributed by atoms with van der Waals surface area (Å²) in [4.78, 5) is 15.8. The molecule has 0 amide bonds. The van der Waals surface area contributed by atoms with Crippen molar-refractivity contribution in [3.63, 3.8) is 0 Å². The highest BCUT2D eigenvalue weighted by molar-refractivity contribution is 5.70. The molecular weight excluding hydrogens is 368 g/mol. The third-order valence-corrected chi connectivity index (χ3v) is 5.70. The number of ether oxygens (including phenoxy) is 2. The van der Waals surface area contributed by atoms with Crippen molar-refractivity contribution < 1.29 is 19.4 Å². The number of nitrogens with zero attached hydrogens (tertiary/aromatic N) is 2. The van der Waals surface area contributed by atoms with Crippen molar-refractivity contribution >= 4 is 11.7 Å². The number of carbonyl (C=O) groups is 1. The van der Waals surface area contributed by atoms with Crippen molar-refractivity contribution in [1.29, 1.82) is 0 Å². The maximum absolute atomic E-state index is 11.4. The van der Waals surface area contributed by atoms with Crippen molar-refractivity contribution in [2.24, 2.45) is 5.92 Å². The van der Waals surface area contributed by atoms with E-state index in [0.717, 1.165) is 41.4 Å². The first kappa shape index (κ1) is 21.0. The minimum absolute atomic E-state index is 0.0361. The molecule has 2 aromatic carbocycles. The first-order valence-corrected chi connectivity index (χ1v) is 9.90. The number of aliphatic carboxylic acids is 1. The van der Waals surface area contributed by atoms with Crippen LogP contribution in [0.4, 0.5) is 5.69 Å². The van der Waals surface area contributed by atoms with E-state index >= 15 is 0 Å². The highest BCUT2D eigenvalue weighted by Gasteiger charge is 2.31. The molecule has 0 spiro atoms. The van der Waals surface area contributed by atoms with Crippen LogP contribution in [0.5, 0.6) is 11.5 Å². The molecule has 2 aromatic rings. The van der Waals surface area contributed by atoms with Gasteiger partial charge in [-0.15, -0.1) is 0 Å². The van der Waals surface area contributed by atoms with Gasteiger partial charge in [-0.05, 0) is 61.8 Å². The van der Waals surface area contributed by atoms with Crippen LogP contribution in [-0.2, 0) is 4.79 Å². The molecule has 1 fully saturated rings. The molecule has 1 aliphatic heterocycles. The average molecular weight is 399 g/mol. The second kappa shape index (κ2) is 9.18. The van der Waals surface area contributed by atoms with E-state index in [9.17, 15) is 9.90 Å². The number of rotatable bonds is 7. The summed E-state index contributed by atoms with van der Waals surface area (Å²) < 4.78 is 11.1. The Morgan fingerprint density at radius 3 is 2.24 bits per heavy atom. The van der Waals surface area contributed by atoms with E-state index < -0.39 is 5.97 Å². The molecule has 6 nitrogen and oxygen atoms in total. The molecule has 3 rings (SSSR count). The van der Waals surface area contributed by atoms with Gasteiger partial charge < -0.3 is 19.5 Å². The Morgan fingerprint density at radius 1 is 1.07 bits per heavy atom. The van der Waals surface area contributed by atoms with Crippen molar-refractivity contribution in [2.45, 2.75) is 18.9 Å². The Labute approximate surface area is 172 Å². The minimum Gasteiger partial charge on any atom is -0.497 e. The van der Waals surface area contributed by atoms with Crippen LogP contribution < -0.4 is 14.4 Å². The lowest BCUT2D eigenvalue weighted by Gasteiger charge is -2.37. The zero-order valence-corrected chi connectivity index (χ0v) is 17.6. The highest BCUT2D eigenvalue weighted by atomic mass is 16.5. The predicted octanol–water partition coefficient (Wildman–Crippen LogP) is 3.66. The zero-order chi connectivity index (χ0) is 21.0. The average Bonchev–Trinajstić information content (AvgIpc) is 2.74. The Morgan fingerprint density at radius 2 is 1.72 bits per heavy atom. The normalized spacial score (nSPS) is 16.3. The van der Waals surface area contributed by atoms with Crippen LogP contribution in [0, 0.1) is 5.92 Å². The van der Waals surface area contributed by atoms with Crippen LogP contribution in [0.1, 0.15) is 30.0 Å². The molecule has 1 heterocycles. The maximum atomic E-state index is 11.4. The molecule has 1 atom stereocenters. The molecular formula is C23H30N2O4. The molecule has 0 radical (unpaired) electrons. The molecule has 1 N–H and O–H groups in total. The molecule has 1 aliphatic rings. The molecule has 6 heteroatoms. The number of hydrogen-bond acceptors (Lipinski definition) is 5. The van der Waals surface area contributed by atoms with Crippen LogP contribution >= 0.6 is 0 Å². The van der Waals surface area contributed by atoms with Gasteiger partial charge in [0.15, 0.2) is 0 Å². The smallest absolute Gasteiger partial charge is 0.306 e. The lowest BCUT2D eigenvalue weighted by Crippen LogP contribution is -2.39. The highest BCUT2D eigenvalue weighted by Crippen LogP contribution is 2.39. The molecule has 1 saturated heterocycles. The molecule has 0 saturated carbocycles. The van der Waals surface area contributed by atoms with E-state index in [4.69, 9.17) is 9.47 Å². The van der Waals surface area contributed by atoms with Gasteiger partial charge in [0.2, 0.25) is 0 Å². The molecule has 0 aliphatic carbocycles. The van der Waals surface area contributed by atoms with E-state index in [1.165, 1.54) is 0 Å². The van der Waals surface area contributed by atoms with E-state index in [2.05, 4.69) is 34.1 Å².